The highest BCUT2D eigenvalue weighted by atomic mass is 16.3. The van der Waals surface area contributed by atoms with E-state index < -0.39 is 0 Å². The number of hydrogen-bond donors (Lipinski definition) is 2. The minimum Gasteiger partial charge on any atom is -0.394 e. The summed E-state index contributed by atoms with van der Waals surface area (Å²) in [5, 5.41) is 13.3. The standard InChI is InChI=1S/C15H32N2O/c1-6-9-16-15(12-18)8-7-13(10-15)17(5)11-14(2,3)4/h13,16,18H,6-12H2,1-5H3. The maximum absolute atomic E-state index is 9.69. The molecule has 0 aromatic carbocycles. The van der Waals surface area contributed by atoms with Gasteiger partial charge in [-0.1, -0.05) is 27.7 Å². The summed E-state index contributed by atoms with van der Waals surface area (Å²) in [6, 6.07) is 0.612. The lowest BCUT2D eigenvalue weighted by molar-refractivity contribution is 0.136. The average molecular weight is 256 g/mol. The third kappa shape index (κ3) is 4.52. The van der Waals surface area contributed by atoms with Crippen LogP contribution in [0.3, 0.4) is 0 Å². The highest BCUT2D eigenvalue weighted by Gasteiger charge is 2.39. The number of nitrogens with zero attached hydrogens (tertiary/aromatic N) is 1. The molecule has 0 spiro atoms. The highest BCUT2D eigenvalue weighted by Crippen LogP contribution is 2.33. The first-order valence-corrected chi connectivity index (χ1v) is 7.38. The minimum absolute atomic E-state index is 0.0210. The second kappa shape index (κ2) is 6.36. The molecule has 108 valence electrons. The normalized spacial score (nSPS) is 29.2. The van der Waals surface area contributed by atoms with Gasteiger partial charge in [0, 0.05) is 18.1 Å². The maximum Gasteiger partial charge on any atom is 0.0613 e. The lowest BCUT2D eigenvalue weighted by Gasteiger charge is -2.33. The molecule has 0 aliphatic heterocycles. The highest BCUT2D eigenvalue weighted by molar-refractivity contribution is 4.99. The average Bonchev–Trinajstić information content (AvgIpc) is 2.69. The smallest absolute Gasteiger partial charge is 0.0613 e. The third-order valence-corrected chi connectivity index (χ3v) is 3.98. The zero-order chi connectivity index (χ0) is 13.8. The van der Waals surface area contributed by atoms with Gasteiger partial charge in [-0.25, -0.2) is 0 Å². The molecule has 0 saturated heterocycles. The van der Waals surface area contributed by atoms with E-state index in [1.165, 1.54) is 6.42 Å². The number of nitrogens with one attached hydrogen (secondary N) is 1. The molecule has 0 amide bonds. The van der Waals surface area contributed by atoms with E-state index in [-0.39, 0.29) is 12.1 Å². The first kappa shape index (κ1) is 15.9. The van der Waals surface area contributed by atoms with E-state index in [2.05, 4.69) is 45.0 Å². The molecule has 0 bridgehead atoms. The van der Waals surface area contributed by atoms with Gasteiger partial charge >= 0.3 is 0 Å². The van der Waals surface area contributed by atoms with Crippen LogP contribution in [0, 0.1) is 5.41 Å². The topological polar surface area (TPSA) is 35.5 Å². The lowest BCUT2D eigenvalue weighted by Crippen LogP contribution is -2.48. The van der Waals surface area contributed by atoms with Crippen LogP contribution in [0.4, 0.5) is 0 Å². The van der Waals surface area contributed by atoms with Gasteiger partial charge in [0.25, 0.3) is 0 Å². The number of hydrogen-bond acceptors (Lipinski definition) is 3. The van der Waals surface area contributed by atoms with Crippen molar-refractivity contribution >= 4 is 0 Å². The van der Waals surface area contributed by atoms with Gasteiger partial charge in [0.05, 0.1) is 6.61 Å². The Morgan fingerprint density at radius 1 is 1.39 bits per heavy atom. The molecule has 0 aromatic heterocycles. The van der Waals surface area contributed by atoms with Gasteiger partial charge in [0.15, 0.2) is 0 Å². The van der Waals surface area contributed by atoms with Crippen molar-refractivity contribution in [1.82, 2.24) is 10.2 Å². The molecule has 2 unspecified atom stereocenters. The number of aliphatic hydroxyl groups excluding tert-OH is 1. The van der Waals surface area contributed by atoms with Crippen molar-refractivity contribution in [3.05, 3.63) is 0 Å². The van der Waals surface area contributed by atoms with E-state index in [9.17, 15) is 5.11 Å². The van der Waals surface area contributed by atoms with Gasteiger partial charge in [-0.05, 0) is 44.7 Å². The molecule has 3 nitrogen and oxygen atoms in total. The van der Waals surface area contributed by atoms with Crippen LogP contribution in [-0.4, -0.2) is 48.3 Å². The first-order valence-electron chi connectivity index (χ1n) is 7.38. The monoisotopic (exact) mass is 256 g/mol. The molecule has 3 heteroatoms. The molecule has 1 saturated carbocycles. The summed E-state index contributed by atoms with van der Waals surface area (Å²) in [6.45, 7) is 11.4. The Morgan fingerprint density at radius 2 is 2.06 bits per heavy atom. The van der Waals surface area contributed by atoms with Crippen molar-refractivity contribution in [3.63, 3.8) is 0 Å². The van der Waals surface area contributed by atoms with Crippen molar-refractivity contribution in [3.8, 4) is 0 Å². The van der Waals surface area contributed by atoms with E-state index in [1.54, 1.807) is 0 Å². The predicted octanol–water partition coefficient (Wildman–Crippen LogP) is 2.25. The number of aliphatic hydroxyl groups is 1. The Bertz CT molecular complexity index is 249. The van der Waals surface area contributed by atoms with E-state index in [4.69, 9.17) is 0 Å². The van der Waals surface area contributed by atoms with Crippen LogP contribution in [0.5, 0.6) is 0 Å². The van der Waals surface area contributed by atoms with Crippen LogP contribution < -0.4 is 5.32 Å². The molecule has 1 fully saturated rings. The van der Waals surface area contributed by atoms with E-state index in [0.29, 0.717) is 11.5 Å². The molecular weight excluding hydrogens is 224 g/mol. The van der Waals surface area contributed by atoms with Crippen molar-refractivity contribution in [2.24, 2.45) is 5.41 Å². The van der Waals surface area contributed by atoms with Gasteiger partial charge in [-0.2, -0.15) is 0 Å². The Labute approximate surface area is 113 Å². The van der Waals surface area contributed by atoms with Crippen LogP contribution in [0.1, 0.15) is 53.4 Å². The van der Waals surface area contributed by atoms with Crippen LogP contribution >= 0.6 is 0 Å². The van der Waals surface area contributed by atoms with Gasteiger partial charge in [-0.15, -0.1) is 0 Å². The summed E-state index contributed by atoms with van der Waals surface area (Å²) in [5.74, 6) is 0. The SMILES string of the molecule is CCCNC1(CO)CCC(N(C)CC(C)(C)C)C1. The largest absolute Gasteiger partial charge is 0.394 e. The zero-order valence-corrected chi connectivity index (χ0v) is 12.9. The molecule has 0 aromatic rings. The summed E-state index contributed by atoms with van der Waals surface area (Å²) in [7, 11) is 2.23. The molecule has 0 radical (unpaired) electrons. The summed E-state index contributed by atoms with van der Waals surface area (Å²) < 4.78 is 0. The minimum atomic E-state index is -0.0210. The fourth-order valence-electron chi connectivity index (χ4n) is 3.10. The van der Waals surface area contributed by atoms with Gasteiger partial charge < -0.3 is 15.3 Å². The molecule has 2 atom stereocenters. The molecule has 1 aliphatic carbocycles. The van der Waals surface area contributed by atoms with Gasteiger partial charge in [-0.3, -0.25) is 0 Å². The molecule has 0 heterocycles. The van der Waals surface area contributed by atoms with E-state index >= 15 is 0 Å². The Morgan fingerprint density at radius 3 is 2.56 bits per heavy atom. The number of rotatable bonds is 6. The summed E-state index contributed by atoms with van der Waals surface area (Å²) >= 11 is 0. The zero-order valence-electron chi connectivity index (χ0n) is 12.9. The molecular formula is C15H32N2O. The van der Waals surface area contributed by atoms with Crippen LogP contribution in [-0.2, 0) is 0 Å². The second-order valence-corrected chi connectivity index (χ2v) is 7.24. The van der Waals surface area contributed by atoms with Crippen molar-refractivity contribution in [2.45, 2.75) is 65.0 Å². The molecule has 2 N–H and O–H groups in total. The van der Waals surface area contributed by atoms with Crippen molar-refractivity contribution < 1.29 is 5.11 Å². The Kier molecular flexibility index (Phi) is 5.63. The van der Waals surface area contributed by atoms with Crippen LogP contribution in [0.2, 0.25) is 0 Å². The Hall–Kier alpha value is -0.120. The second-order valence-electron chi connectivity index (χ2n) is 7.24. The van der Waals surface area contributed by atoms with E-state index in [1.807, 2.05) is 0 Å². The van der Waals surface area contributed by atoms with Crippen molar-refractivity contribution in [2.75, 3.05) is 26.7 Å². The maximum atomic E-state index is 9.69. The fraction of sp³-hybridized carbons (Fsp3) is 1.00. The quantitative estimate of drug-likeness (QED) is 0.765. The predicted molar refractivity (Wildman–Crippen MR) is 77.8 cm³/mol. The molecule has 1 rings (SSSR count). The van der Waals surface area contributed by atoms with Crippen LogP contribution in [0.15, 0.2) is 0 Å². The van der Waals surface area contributed by atoms with Crippen LogP contribution in [0.25, 0.3) is 0 Å². The summed E-state index contributed by atoms with van der Waals surface area (Å²) in [4.78, 5) is 2.48. The lowest BCUT2D eigenvalue weighted by atomic mass is 9.94. The molecule has 18 heavy (non-hydrogen) atoms. The van der Waals surface area contributed by atoms with Gasteiger partial charge in [0.2, 0.25) is 0 Å². The summed E-state index contributed by atoms with van der Waals surface area (Å²) in [6.07, 6.45) is 4.51. The van der Waals surface area contributed by atoms with Crippen molar-refractivity contribution in [1.29, 1.82) is 0 Å². The van der Waals surface area contributed by atoms with Gasteiger partial charge in [0.1, 0.15) is 0 Å². The van der Waals surface area contributed by atoms with E-state index in [0.717, 1.165) is 32.4 Å². The fourth-order valence-corrected chi connectivity index (χ4v) is 3.10. The third-order valence-electron chi connectivity index (χ3n) is 3.98. The summed E-state index contributed by atoms with van der Waals surface area (Å²) in [5.41, 5.74) is 0.322. The Balaban J connectivity index is 2.52. The molecule has 1 aliphatic rings. The first-order chi connectivity index (χ1) is 8.32.